The van der Waals surface area contributed by atoms with Crippen LogP contribution in [0, 0.1) is 0 Å². The Morgan fingerprint density at radius 1 is 1.17 bits per heavy atom. The second-order valence-corrected chi connectivity index (χ2v) is 7.55. The van der Waals surface area contributed by atoms with E-state index in [0.29, 0.717) is 5.56 Å². The molecular formula is C23H23ClN2O3. The highest BCUT2D eigenvalue weighted by Gasteiger charge is 2.39. The summed E-state index contributed by atoms with van der Waals surface area (Å²) in [4.78, 5) is 30.1. The molecule has 2 aromatic carbocycles. The lowest BCUT2D eigenvalue weighted by Gasteiger charge is -2.42. The number of carbonyl (C=O) groups is 2. The Bertz CT molecular complexity index is 1060. The van der Waals surface area contributed by atoms with Crippen molar-refractivity contribution in [1.29, 1.82) is 0 Å². The molecule has 1 aromatic heterocycles. The van der Waals surface area contributed by atoms with Crippen LogP contribution in [-0.2, 0) is 16.0 Å². The molecule has 1 N–H and O–H groups in total. The molecule has 6 heteroatoms. The molecule has 1 amide bonds. The van der Waals surface area contributed by atoms with Crippen LogP contribution in [0.2, 0.25) is 0 Å². The number of rotatable bonds is 4. The van der Waals surface area contributed by atoms with Crippen molar-refractivity contribution in [1.82, 2.24) is 9.88 Å². The third-order valence-corrected chi connectivity index (χ3v) is 5.98. The minimum atomic E-state index is -0.383. The van der Waals surface area contributed by atoms with Crippen molar-refractivity contribution in [2.24, 2.45) is 0 Å². The average Bonchev–Trinajstić information content (AvgIpc) is 3.15. The Hall–Kier alpha value is -2.79. The van der Waals surface area contributed by atoms with E-state index in [1.165, 1.54) is 18.1 Å². The molecule has 150 valence electrons. The number of esters is 1. The summed E-state index contributed by atoms with van der Waals surface area (Å²) in [7, 11) is 1.36. The summed E-state index contributed by atoms with van der Waals surface area (Å²) in [6.07, 6.45) is 1.62. The minimum Gasteiger partial charge on any atom is -0.465 e. The maximum absolute atomic E-state index is 12.9. The molecule has 2 atom stereocenters. The number of methoxy groups -OCH3 is 1. The zero-order chi connectivity index (χ0) is 20.5. The molecule has 29 heavy (non-hydrogen) atoms. The first-order valence-electron chi connectivity index (χ1n) is 9.73. The second kappa shape index (κ2) is 7.91. The number of nitrogens with zero attached hydrogens (tertiary/aromatic N) is 1. The van der Waals surface area contributed by atoms with Gasteiger partial charge < -0.3 is 14.6 Å². The quantitative estimate of drug-likeness (QED) is 0.510. The van der Waals surface area contributed by atoms with Gasteiger partial charge in [-0.2, -0.15) is 0 Å². The van der Waals surface area contributed by atoms with E-state index in [-0.39, 0.29) is 29.8 Å². The summed E-state index contributed by atoms with van der Waals surface area (Å²) < 4.78 is 4.80. The number of benzene rings is 2. The second-order valence-electron chi connectivity index (χ2n) is 7.28. The van der Waals surface area contributed by atoms with Crippen molar-refractivity contribution in [3.8, 4) is 0 Å². The predicted octanol–water partition coefficient (Wildman–Crippen LogP) is 4.45. The molecular weight excluding hydrogens is 388 g/mol. The van der Waals surface area contributed by atoms with Gasteiger partial charge in [0.05, 0.1) is 18.7 Å². The number of fused-ring (bicyclic) bond motifs is 3. The van der Waals surface area contributed by atoms with E-state index in [9.17, 15) is 9.59 Å². The fourth-order valence-corrected chi connectivity index (χ4v) is 4.50. The smallest absolute Gasteiger partial charge is 0.337 e. The van der Waals surface area contributed by atoms with Gasteiger partial charge in [-0.15, -0.1) is 11.6 Å². The number of H-pyrrole nitrogens is 1. The molecule has 5 nitrogen and oxygen atoms in total. The minimum absolute atomic E-state index is 0.0539. The number of aromatic amines is 1. The number of halogens is 1. The van der Waals surface area contributed by atoms with Crippen molar-refractivity contribution in [2.75, 3.05) is 13.0 Å². The number of ether oxygens (including phenoxy) is 1. The number of hydrogen-bond acceptors (Lipinski definition) is 3. The first-order valence-corrected chi connectivity index (χ1v) is 10.3. The van der Waals surface area contributed by atoms with E-state index in [1.807, 2.05) is 29.2 Å². The molecule has 4 rings (SSSR count). The first kappa shape index (κ1) is 19.5. The van der Waals surface area contributed by atoms with Gasteiger partial charge in [-0.1, -0.05) is 37.3 Å². The topological polar surface area (TPSA) is 62.4 Å². The summed E-state index contributed by atoms with van der Waals surface area (Å²) >= 11 is 5.99. The zero-order valence-corrected chi connectivity index (χ0v) is 17.2. The van der Waals surface area contributed by atoms with Crippen molar-refractivity contribution >= 4 is 34.4 Å². The molecule has 0 saturated heterocycles. The number of carbonyl (C=O) groups excluding carboxylic acids is 2. The van der Waals surface area contributed by atoms with Gasteiger partial charge in [0.25, 0.3) is 0 Å². The number of hydrogen-bond donors (Lipinski definition) is 1. The molecule has 1 aliphatic heterocycles. The average molecular weight is 411 g/mol. The van der Waals surface area contributed by atoms with Crippen molar-refractivity contribution in [2.45, 2.75) is 31.8 Å². The summed E-state index contributed by atoms with van der Waals surface area (Å²) in [5.74, 6) is -0.542. The molecule has 1 aliphatic rings. The molecule has 3 aromatic rings. The van der Waals surface area contributed by atoms with Gasteiger partial charge in [0.2, 0.25) is 5.91 Å². The first-order chi connectivity index (χ1) is 14.1. The van der Waals surface area contributed by atoms with E-state index in [2.05, 4.69) is 24.0 Å². The molecule has 0 spiro atoms. The molecule has 0 aliphatic carbocycles. The van der Waals surface area contributed by atoms with E-state index < -0.39 is 0 Å². The Labute approximate surface area is 174 Å². The standard InChI is InChI=1S/C23H23ClN2O3/c1-3-16-12-18-17-6-4-5-7-19(17)25-21(18)22(26(16)20(27)13-24)14-8-10-15(11-9-14)23(28)29-2/h4-11,16,22,25H,3,12-13H2,1-2H3/t16-,22-/m0/s1. The number of amides is 1. The lowest BCUT2D eigenvalue weighted by molar-refractivity contribution is -0.133. The lowest BCUT2D eigenvalue weighted by Crippen LogP contribution is -2.48. The summed E-state index contributed by atoms with van der Waals surface area (Å²) in [5, 5.41) is 1.19. The number of nitrogens with one attached hydrogen (secondary N) is 1. The van der Waals surface area contributed by atoms with Crippen LogP contribution in [-0.4, -0.2) is 40.8 Å². The number of alkyl halides is 1. The van der Waals surface area contributed by atoms with E-state index in [0.717, 1.165) is 29.6 Å². The summed E-state index contributed by atoms with van der Waals surface area (Å²) in [6.45, 7) is 2.09. The van der Waals surface area contributed by atoms with Crippen LogP contribution in [0.1, 0.15) is 46.6 Å². The summed E-state index contributed by atoms with van der Waals surface area (Å²) in [5.41, 5.74) is 4.73. The fourth-order valence-electron chi connectivity index (χ4n) is 4.36. The summed E-state index contributed by atoms with van der Waals surface area (Å²) in [6, 6.07) is 15.2. The van der Waals surface area contributed by atoms with Crippen LogP contribution in [0.3, 0.4) is 0 Å². The molecule has 0 saturated carbocycles. The maximum atomic E-state index is 12.9. The van der Waals surface area contributed by atoms with Gasteiger partial charge >= 0.3 is 5.97 Å². The highest BCUT2D eigenvalue weighted by Crippen LogP contribution is 2.41. The highest BCUT2D eigenvalue weighted by atomic mass is 35.5. The van der Waals surface area contributed by atoms with Crippen LogP contribution >= 0.6 is 11.6 Å². The van der Waals surface area contributed by atoms with Crippen LogP contribution in [0.5, 0.6) is 0 Å². The molecule has 0 bridgehead atoms. The largest absolute Gasteiger partial charge is 0.465 e. The zero-order valence-electron chi connectivity index (χ0n) is 16.4. The normalized spacial score (nSPS) is 18.5. The molecule has 0 unspecified atom stereocenters. The van der Waals surface area contributed by atoms with Crippen LogP contribution in [0.15, 0.2) is 48.5 Å². The van der Waals surface area contributed by atoms with E-state index in [1.54, 1.807) is 12.1 Å². The lowest BCUT2D eigenvalue weighted by atomic mass is 9.87. The van der Waals surface area contributed by atoms with Gasteiger partial charge in [0.1, 0.15) is 5.88 Å². The van der Waals surface area contributed by atoms with Crippen LogP contribution in [0.25, 0.3) is 10.9 Å². The van der Waals surface area contributed by atoms with Gasteiger partial charge in [-0.3, -0.25) is 4.79 Å². The SMILES string of the molecule is CC[C@H]1Cc2c([nH]c3ccccc23)[C@H](c2ccc(C(=O)OC)cc2)N1C(=O)CCl. The van der Waals surface area contributed by atoms with E-state index >= 15 is 0 Å². The van der Waals surface area contributed by atoms with Gasteiger partial charge in [0.15, 0.2) is 0 Å². The maximum Gasteiger partial charge on any atom is 0.337 e. The Balaban J connectivity index is 1.89. The Kier molecular flexibility index (Phi) is 5.33. The van der Waals surface area contributed by atoms with Crippen LogP contribution in [0.4, 0.5) is 0 Å². The van der Waals surface area contributed by atoms with Gasteiger partial charge in [-0.05, 0) is 42.2 Å². The molecule has 2 heterocycles. The Morgan fingerprint density at radius 3 is 2.55 bits per heavy atom. The predicted molar refractivity (Wildman–Crippen MR) is 113 cm³/mol. The van der Waals surface area contributed by atoms with Crippen molar-refractivity contribution < 1.29 is 14.3 Å². The molecule has 0 radical (unpaired) electrons. The highest BCUT2D eigenvalue weighted by molar-refractivity contribution is 6.27. The number of para-hydroxylation sites is 1. The molecule has 0 fully saturated rings. The van der Waals surface area contributed by atoms with Gasteiger partial charge in [-0.25, -0.2) is 4.79 Å². The van der Waals surface area contributed by atoms with Crippen molar-refractivity contribution in [3.63, 3.8) is 0 Å². The number of aromatic nitrogens is 1. The van der Waals surface area contributed by atoms with Crippen molar-refractivity contribution in [3.05, 3.63) is 70.9 Å². The Morgan fingerprint density at radius 2 is 1.90 bits per heavy atom. The van der Waals surface area contributed by atoms with Crippen LogP contribution < -0.4 is 0 Å². The van der Waals surface area contributed by atoms with E-state index in [4.69, 9.17) is 16.3 Å². The van der Waals surface area contributed by atoms with Gasteiger partial charge in [0, 0.05) is 22.6 Å². The fraction of sp³-hybridized carbons (Fsp3) is 0.304. The third-order valence-electron chi connectivity index (χ3n) is 5.75. The monoisotopic (exact) mass is 410 g/mol. The third kappa shape index (κ3) is 3.29.